The number of hydrogen-bond acceptors (Lipinski definition) is 4. The van der Waals surface area contributed by atoms with E-state index < -0.39 is 0 Å². The second-order valence-electron chi connectivity index (χ2n) is 5.93. The summed E-state index contributed by atoms with van der Waals surface area (Å²) in [6.07, 6.45) is 9.28. The SMILES string of the molecule is N/C(=N/O)c1ccnc(N2CCC[C@H]3CCCC[C@H]32)c1Cl. The van der Waals surface area contributed by atoms with E-state index in [4.69, 9.17) is 22.5 Å². The van der Waals surface area contributed by atoms with E-state index in [1.165, 1.54) is 38.5 Å². The van der Waals surface area contributed by atoms with Crippen LogP contribution in [0.1, 0.15) is 44.1 Å². The number of piperidine rings is 1. The summed E-state index contributed by atoms with van der Waals surface area (Å²) in [6.45, 7) is 0.980. The third-order valence-corrected chi connectivity index (χ3v) is 5.14. The highest BCUT2D eigenvalue weighted by Crippen LogP contribution is 2.39. The monoisotopic (exact) mass is 308 g/mol. The summed E-state index contributed by atoms with van der Waals surface area (Å²) in [5, 5.41) is 12.4. The molecule has 114 valence electrons. The molecule has 1 aromatic rings. The van der Waals surface area contributed by atoms with Gasteiger partial charge in [-0.25, -0.2) is 4.98 Å². The second kappa shape index (κ2) is 6.10. The zero-order valence-electron chi connectivity index (χ0n) is 12.0. The van der Waals surface area contributed by atoms with Gasteiger partial charge in [0.15, 0.2) is 5.84 Å². The van der Waals surface area contributed by atoms with E-state index in [1.54, 1.807) is 12.3 Å². The topological polar surface area (TPSA) is 74.7 Å². The van der Waals surface area contributed by atoms with Crippen molar-refractivity contribution in [2.45, 2.75) is 44.6 Å². The van der Waals surface area contributed by atoms with Gasteiger partial charge in [0.1, 0.15) is 5.82 Å². The highest BCUT2D eigenvalue weighted by Gasteiger charge is 2.35. The third-order valence-electron chi connectivity index (χ3n) is 4.77. The molecule has 2 fully saturated rings. The predicted octanol–water partition coefficient (Wildman–Crippen LogP) is 2.99. The first-order chi connectivity index (χ1) is 10.2. The maximum atomic E-state index is 8.87. The minimum Gasteiger partial charge on any atom is -0.409 e. The maximum absolute atomic E-state index is 8.87. The molecule has 0 radical (unpaired) electrons. The lowest BCUT2D eigenvalue weighted by molar-refractivity contribution is 0.243. The number of aromatic nitrogens is 1. The molecule has 5 nitrogen and oxygen atoms in total. The van der Waals surface area contributed by atoms with Crippen LogP contribution in [0.15, 0.2) is 17.4 Å². The van der Waals surface area contributed by atoms with Gasteiger partial charge in [0, 0.05) is 24.3 Å². The van der Waals surface area contributed by atoms with Crippen molar-refractivity contribution < 1.29 is 5.21 Å². The highest BCUT2D eigenvalue weighted by atomic mass is 35.5. The number of rotatable bonds is 2. The summed E-state index contributed by atoms with van der Waals surface area (Å²) < 4.78 is 0. The van der Waals surface area contributed by atoms with Gasteiger partial charge < -0.3 is 15.8 Å². The number of hydrogen-bond donors (Lipinski definition) is 2. The van der Waals surface area contributed by atoms with Crippen molar-refractivity contribution in [3.05, 3.63) is 22.8 Å². The average Bonchev–Trinajstić information content (AvgIpc) is 2.54. The quantitative estimate of drug-likeness (QED) is 0.381. The summed E-state index contributed by atoms with van der Waals surface area (Å²) in [5.74, 6) is 1.55. The normalized spacial score (nSPS) is 26.5. The first kappa shape index (κ1) is 14.4. The average molecular weight is 309 g/mol. The van der Waals surface area contributed by atoms with Gasteiger partial charge in [0.05, 0.1) is 5.02 Å². The molecule has 0 aromatic carbocycles. The highest BCUT2D eigenvalue weighted by molar-refractivity contribution is 6.36. The Morgan fingerprint density at radius 2 is 2.10 bits per heavy atom. The van der Waals surface area contributed by atoms with Crippen LogP contribution in [-0.2, 0) is 0 Å². The lowest BCUT2D eigenvalue weighted by atomic mass is 9.78. The lowest BCUT2D eigenvalue weighted by Crippen LogP contribution is -2.47. The zero-order chi connectivity index (χ0) is 14.8. The van der Waals surface area contributed by atoms with Crippen molar-refractivity contribution in [3.8, 4) is 0 Å². The van der Waals surface area contributed by atoms with Crippen LogP contribution < -0.4 is 10.6 Å². The minimum atomic E-state index is 0.0286. The Kier molecular flexibility index (Phi) is 4.19. The van der Waals surface area contributed by atoms with Gasteiger partial charge >= 0.3 is 0 Å². The molecule has 3 N–H and O–H groups in total. The van der Waals surface area contributed by atoms with Gasteiger partial charge in [-0.1, -0.05) is 29.6 Å². The number of nitrogens with zero attached hydrogens (tertiary/aromatic N) is 3. The van der Waals surface area contributed by atoms with Crippen LogP contribution in [0.4, 0.5) is 5.82 Å². The Bertz CT molecular complexity index is 546. The first-order valence-corrected chi connectivity index (χ1v) is 7.99. The molecule has 3 rings (SSSR count). The van der Waals surface area contributed by atoms with Crippen LogP contribution in [0.3, 0.4) is 0 Å². The molecule has 1 aromatic heterocycles. The largest absolute Gasteiger partial charge is 0.409 e. The van der Waals surface area contributed by atoms with Crippen LogP contribution in [0.25, 0.3) is 0 Å². The van der Waals surface area contributed by atoms with Gasteiger partial charge in [-0.3, -0.25) is 0 Å². The summed E-state index contributed by atoms with van der Waals surface area (Å²) in [7, 11) is 0. The Labute approximate surface area is 129 Å². The standard InChI is InChI=1S/C15H21ClN4O/c16-13-11(14(17)19-21)7-8-18-15(13)20-9-3-5-10-4-1-2-6-12(10)20/h7-8,10,12,21H,1-6,9H2,(H2,17,19)/t10-,12-/m1/s1. The van der Waals surface area contributed by atoms with E-state index in [1.807, 2.05) is 0 Å². The van der Waals surface area contributed by atoms with E-state index >= 15 is 0 Å². The van der Waals surface area contributed by atoms with Crippen molar-refractivity contribution in [3.63, 3.8) is 0 Å². The Hall–Kier alpha value is -1.49. The molecule has 2 atom stereocenters. The molecule has 0 amide bonds. The third kappa shape index (κ3) is 2.67. The molecule has 0 spiro atoms. The summed E-state index contributed by atoms with van der Waals surface area (Å²) in [6, 6.07) is 2.21. The molecule has 1 saturated carbocycles. The number of nitrogens with two attached hydrogens (primary N) is 1. The molecule has 21 heavy (non-hydrogen) atoms. The zero-order valence-corrected chi connectivity index (χ0v) is 12.8. The molecule has 0 bridgehead atoms. The van der Waals surface area contributed by atoms with Crippen molar-refractivity contribution >= 4 is 23.3 Å². The minimum absolute atomic E-state index is 0.0286. The van der Waals surface area contributed by atoms with E-state index in [0.29, 0.717) is 16.6 Å². The molecule has 2 aliphatic rings. The molecule has 1 saturated heterocycles. The summed E-state index contributed by atoms with van der Waals surface area (Å²) in [5.41, 5.74) is 6.24. The first-order valence-electron chi connectivity index (χ1n) is 7.61. The Balaban J connectivity index is 1.95. The molecule has 0 unspecified atom stereocenters. The van der Waals surface area contributed by atoms with Crippen molar-refractivity contribution in [2.75, 3.05) is 11.4 Å². The summed E-state index contributed by atoms with van der Waals surface area (Å²) >= 11 is 6.47. The molecule has 6 heteroatoms. The Morgan fingerprint density at radius 3 is 2.90 bits per heavy atom. The van der Waals surface area contributed by atoms with Crippen LogP contribution in [-0.4, -0.2) is 28.6 Å². The van der Waals surface area contributed by atoms with Crippen molar-refractivity contribution in [1.82, 2.24) is 4.98 Å². The van der Waals surface area contributed by atoms with Crippen LogP contribution in [0, 0.1) is 5.92 Å². The van der Waals surface area contributed by atoms with Crippen LogP contribution in [0.2, 0.25) is 5.02 Å². The number of anilines is 1. The number of amidine groups is 1. The molecular formula is C15H21ClN4O. The number of pyridine rings is 1. The molecule has 1 aliphatic carbocycles. The fourth-order valence-corrected chi connectivity index (χ4v) is 4.09. The van der Waals surface area contributed by atoms with E-state index in [-0.39, 0.29) is 5.84 Å². The fourth-order valence-electron chi connectivity index (χ4n) is 3.77. The van der Waals surface area contributed by atoms with Crippen molar-refractivity contribution in [1.29, 1.82) is 0 Å². The van der Waals surface area contributed by atoms with Gasteiger partial charge in [0.2, 0.25) is 0 Å². The van der Waals surface area contributed by atoms with Crippen molar-refractivity contribution in [2.24, 2.45) is 16.8 Å². The second-order valence-corrected chi connectivity index (χ2v) is 6.31. The van der Waals surface area contributed by atoms with E-state index in [0.717, 1.165) is 18.3 Å². The Morgan fingerprint density at radius 1 is 1.33 bits per heavy atom. The van der Waals surface area contributed by atoms with Gasteiger partial charge in [-0.15, -0.1) is 0 Å². The number of halogens is 1. The molecule has 1 aliphatic heterocycles. The van der Waals surface area contributed by atoms with Gasteiger partial charge in [-0.2, -0.15) is 0 Å². The van der Waals surface area contributed by atoms with Gasteiger partial charge in [0.25, 0.3) is 0 Å². The number of oxime groups is 1. The van der Waals surface area contributed by atoms with Crippen LogP contribution in [0.5, 0.6) is 0 Å². The number of fused-ring (bicyclic) bond motifs is 1. The molecule has 2 heterocycles. The fraction of sp³-hybridized carbons (Fsp3) is 0.600. The van der Waals surface area contributed by atoms with Crippen LogP contribution >= 0.6 is 11.6 Å². The lowest BCUT2D eigenvalue weighted by Gasteiger charge is -2.45. The molecular weight excluding hydrogens is 288 g/mol. The van der Waals surface area contributed by atoms with Gasteiger partial charge in [-0.05, 0) is 37.7 Å². The van der Waals surface area contributed by atoms with E-state index in [2.05, 4.69) is 15.0 Å². The smallest absolute Gasteiger partial charge is 0.171 e. The predicted molar refractivity (Wildman–Crippen MR) is 84.1 cm³/mol. The summed E-state index contributed by atoms with van der Waals surface area (Å²) in [4.78, 5) is 6.81. The van der Waals surface area contributed by atoms with E-state index in [9.17, 15) is 0 Å². The maximum Gasteiger partial charge on any atom is 0.171 e.